The third-order valence-corrected chi connectivity index (χ3v) is 4.01. The van der Waals surface area contributed by atoms with E-state index in [-0.39, 0.29) is 24.3 Å². The summed E-state index contributed by atoms with van der Waals surface area (Å²) in [5.74, 6) is 0.00906. The van der Waals surface area contributed by atoms with Crippen molar-refractivity contribution in [3.63, 3.8) is 0 Å². The first kappa shape index (κ1) is 14.3. The zero-order valence-corrected chi connectivity index (χ0v) is 12.3. The van der Waals surface area contributed by atoms with E-state index in [0.717, 1.165) is 5.56 Å². The van der Waals surface area contributed by atoms with Crippen LogP contribution in [-0.2, 0) is 19.0 Å². The summed E-state index contributed by atoms with van der Waals surface area (Å²) in [7, 11) is 0. The molecule has 0 radical (unpaired) electrons. The molecule has 0 saturated carbocycles. The molecule has 4 nitrogen and oxygen atoms in total. The van der Waals surface area contributed by atoms with Crippen molar-refractivity contribution in [1.82, 2.24) is 0 Å². The lowest BCUT2D eigenvalue weighted by atomic mass is 10.0. The molecule has 0 aromatic heterocycles. The summed E-state index contributed by atoms with van der Waals surface area (Å²) in [5, 5.41) is 0. The molecule has 1 aromatic rings. The Kier molecular flexibility index (Phi) is 4.08. The molecule has 0 spiro atoms. The monoisotopic (exact) mass is 288 g/mol. The van der Waals surface area contributed by atoms with E-state index in [9.17, 15) is 4.79 Å². The summed E-state index contributed by atoms with van der Waals surface area (Å²) < 4.78 is 16.7. The van der Waals surface area contributed by atoms with Gasteiger partial charge in [0, 0.05) is 12.0 Å². The Balaban J connectivity index is 1.56. The summed E-state index contributed by atoms with van der Waals surface area (Å²) >= 11 is 0. The van der Waals surface area contributed by atoms with Gasteiger partial charge in [0.25, 0.3) is 0 Å². The molecule has 0 bridgehead atoms. The van der Waals surface area contributed by atoms with Gasteiger partial charge in [-0.25, -0.2) is 4.79 Å². The lowest BCUT2D eigenvalue weighted by molar-refractivity contribution is -0.147. The topological polar surface area (TPSA) is 44.8 Å². The van der Waals surface area contributed by atoms with Crippen LogP contribution in [0.25, 0.3) is 6.08 Å². The summed E-state index contributed by atoms with van der Waals surface area (Å²) in [5.41, 5.74) is 2.17. The van der Waals surface area contributed by atoms with Gasteiger partial charge in [0.2, 0.25) is 0 Å². The van der Waals surface area contributed by atoms with E-state index < -0.39 is 0 Å². The molecule has 0 unspecified atom stereocenters. The fraction of sp³-hybridized carbons (Fsp3) is 0.471. The second-order valence-corrected chi connectivity index (χ2v) is 5.79. The van der Waals surface area contributed by atoms with E-state index in [2.05, 4.69) is 6.92 Å². The van der Waals surface area contributed by atoms with Crippen molar-refractivity contribution in [3.05, 3.63) is 41.5 Å². The maximum absolute atomic E-state index is 11.9. The van der Waals surface area contributed by atoms with Crippen LogP contribution in [0.3, 0.4) is 0 Å². The molecule has 2 heterocycles. The van der Waals surface area contributed by atoms with Crippen LogP contribution in [0.2, 0.25) is 0 Å². The molecule has 2 aliphatic rings. The smallest absolute Gasteiger partial charge is 0.331 e. The highest BCUT2D eigenvalue weighted by Gasteiger charge is 2.47. The normalized spacial score (nSPS) is 31.5. The van der Waals surface area contributed by atoms with Gasteiger partial charge in [-0.05, 0) is 18.6 Å². The molecule has 4 atom stereocenters. The lowest BCUT2D eigenvalue weighted by Gasteiger charge is -2.15. The van der Waals surface area contributed by atoms with Gasteiger partial charge in [-0.1, -0.05) is 36.8 Å². The van der Waals surface area contributed by atoms with Crippen LogP contribution < -0.4 is 0 Å². The van der Waals surface area contributed by atoms with E-state index in [1.807, 2.05) is 31.2 Å². The molecule has 0 amide bonds. The van der Waals surface area contributed by atoms with Crippen LogP contribution >= 0.6 is 0 Å². The maximum Gasteiger partial charge on any atom is 0.331 e. The highest BCUT2D eigenvalue weighted by atomic mass is 16.6. The largest absolute Gasteiger partial charge is 0.454 e. The highest BCUT2D eigenvalue weighted by molar-refractivity contribution is 5.87. The average Bonchev–Trinajstić information content (AvgIpc) is 3.03. The Morgan fingerprint density at radius 3 is 2.67 bits per heavy atom. The Morgan fingerprint density at radius 2 is 1.90 bits per heavy atom. The maximum atomic E-state index is 11.9. The predicted octanol–water partition coefficient (Wildman–Crippen LogP) is 2.35. The zero-order chi connectivity index (χ0) is 14.8. The van der Waals surface area contributed by atoms with Crippen LogP contribution in [0.4, 0.5) is 0 Å². The van der Waals surface area contributed by atoms with Crippen molar-refractivity contribution in [2.45, 2.75) is 32.2 Å². The first-order chi connectivity index (χ1) is 10.1. The Morgan fingerprint density at radius 1 is 1.19 bits per heavy atom. The number of rotatable bonds is 3. The molecule has 2 fully saturated rings. The fourth-order valence-electron chi connectivity index (χ4n) is 2.79. The predicted molar refractivity (Wildman–Crippen MR) is 78.7 cm³/mol. The van der Waals surface area contributed by atoms with Gasteiger partial charge in [0.15, 0.2) is 6.10 Å². The third-order valence-electron chi connectivity index (χ3n) is 4.01. The number of aryl methyl sites for hydroxylation is 1. The third kappa shape index (κ3) is 3.17. The van der Waals surface area contributed by atoms with Crippen molar-refractivity contribution in [1.29, 1.82) is 0 Å². The first-order valence-electron chi connectivity index (χ1n) is 7.32. The fourth-order valence-corrected chi connectivity index (χ4v) is 2.79. The van der Waals surface area contributed by atoms with Gasteiger partial charge in [0.05, 0.1) is 19.3 Å². The van der Waals surface area contributed by atoms with Gasteiger partial charge >= 0.3 is 5.97 Å². The highest BCUT2D eigenvalue weighted by Crippen LogP contribution is 2.32. The Labute approximate surface area is 124 Å². The number of hydrogen-bond acceptors (Lipinski definition) is 4. The second-order valence-electron chi connectivity index (χ2n) is 5.79. The van der Waals surface area contributed by atoms with Crippen LogP contribution in [0, 0.1) is 12.8 Å². The number of benzene rings is 1. The number of fused-ring (bicyclic) bond motifs is 1. The minimum absolute atomic E-state index is 0.0591. The average molecular weight is 288 g/mol. The molecule has 2 aliphatic heterocycles. The van der Waals surface area contributed by atoms with Gasteiger partial charge in [0.1, 0.15) is 6.10 Å². The number of ether oxygens (including phenoxy) is 3. The van der Waals surface area contributed by atoms with Crippen molar-refractivity contribution in [3.8, 4) is 0 Å². The van der Waals surface area contributed by atoms with Gasteiger partial charge in [-0.3, -0.25) is 0 Å². The zero-order valence-electron chi connectivity index (χ0n) is 12.3. The van der Waals surface area contributed by atoms with Crippen molar-refractivity contribution in [2.24, 2.45) is 5.92 Å². The molecule has 2 saturated heterocycles. The minimum atomic E-state index is -0.354. The van der Waals surface area contributed by atoms with Crippen molar-refractivity contribution in [2.75, 3.05) is 13.2 Å². The molecule has 21 heavy (non-hydrogen) atoms. The van der Waals surface area contributed by atoms with Crippen LogP contribution in [0.1, 0.15) is 18.1 Å². The molecular weight excluding hydrogens is 268 g/mol. The molecule has 4 heteroatoms. The molecule has 3 rings (SSSR count). The summed E-state index contributed by atoms with van der Waals surface area (Å²) in [6.07, 6.45) is 2.86. The summed E-state index contributed by atoms with van der Waals surface area (Å²) in [4.78, 5) is 11.9. The van der Waals surface area contributed by atoms with Gasteiger partial charge in [-0.2, -0.15) is 0 Å². The van der Waals surface area contributed by atoms with Crippen LogP contribution in [0.15, 0.2) is 30.3 Å². The summed E-state index contributed by atoms with van der Waals surface area (Å²) in [6, 6.07) is 7.95. The Bertz CT molecular complexity index is 534. The van der Waals surface area contributed by atoms with Crippen molar-refractivity contribution >= 4 is 12.0 Å². The first-order valence-corrected chi connectivity index (χ1v) is 7.32. The van der Waals surface area contributed by atoms with E-state index in [1.165, 1.54) is 11.6 Å². The molecule has 1 aromatic carbocycles. The van der Waals surface area contributed by atoms with Crippen LogP contribution in [-0.4, -0.2) is 37.5 Å². The molecular formula is C17H20O4. The standard InChI is InChI=1S/C17H20O4/c1-11-3-5-13(6-4-11)7-8-15(18)21-14-10-20-16-12(2)9-19-17(14)16/h3-8,12,14,16-17H,9-10H2,1-2H3/b8-7+/t12-,14-,16-,17-/m1/s1. The number of hydrogen-bond donors (Lipinski definition) is 0. The number of carbonyl (C=O) groups excluding carboxylic acids is 1. The van der Waals surface area contributed by atoms with E-state index in [4.69, 9.17) is 14.2 Å². The van der Waals surface area contributed by atoms with Gasteiger partial charge < -0.3 is 14.2 Å². The van der Waals surface area contributed by atoms with E-state index in [1.54, 1.807) is 6.08 Å². The van der Waals surface area contributed by atoms with Gasteiger partial charge in [-0.15, -0.1) is 0 Å². The summed E-state index contributed by atoms with van der Waals surface area (Å²) in [6.45, 7) is 5.21. The molecule has 0 N–H and O–H groups in total. The SMILES string of the molecule is Cc1ccc(/C=C/C(=O)O[C@@H]2CO[C@H]3[C@@H]2OC[C@H]3C)cc1. The second kappa shape index (κ2) is 6.00. The van der Waals surface area contributed by atoms with Crippen molar-refractivity contribution < 1.29 is 19.0 Å². The van der Waals surface area contributed by atoms with E-state index >= 15 is 0 Å². The number of carbonyl (C=O) groups is 1. The quantitative estimate of drug-likeness (QED) is 0.632. The minimum Gasteiger partial charge on any atom is -0.454 e. The van der Waals surface area contributed by atoms with Crippen LogP contribution in [0.5, 0.6) is 0 Å². The number of esters is 1. The van der Waals surface area contributed by atoms with E-state index in [0.29, 0.717) is 19.1 Å². The molecule has 0 aliphatic carbocycles. The Hall–Kier alpha value is -1.65. The molecule has 112 valence electrons. The lowest BCUT2D eigenvalue weighted by Crippen LogP contribution is -2.32.